The van der Waals surface area contributed by atoms with E-state index in [1.165, 1.54) is 7.11 Å². The lowest BCUT2D eigenvalue weighted by molar-refractivity contribution is -0.229. The van der Waals surface area contributed by atoms with Gasteiger partial charge in [0.25, 0.3) is 0 Å². The predicted molar refractivity (Wildman–Crippen MR) is 104 cm³/mol. The molecule has 7 atom stereocenters. The van der Waals surface area contributed by atoms with Gasteiger partial charge in [0.1, 0.15) is 17.8 Å². The van der Waals surface area contributed by atoms with Crippen molar-refractivity contribution in [2.45, 2.75) is 58.3 Å². The fourth-order valence-corrected chi connectivity index (χ4v) is 7.45. The summed E-state index contributed by atoms with van der Waals surface area (Å²) in [6.07, 6.45) is 3.55. The van der Waals surface area contributed by atoms with Crippen LogP contribution in [0.1, 0.15) is 46.5 Å². The Balaban J connectivity index is 1.64. The van der Waals surface area contributed by atoms with Crippen LogP contribution in [0.3, 0.4) is 0 Å². The molecule has 7 heteroatoms. The van der Waals surface area contributed by atoms with E-state index in [1.54, 1.807) is 0 Å². The minimum atomic E-state index is -0.904. The van der Waals surface area contributed by atoms with E-state index in [0.717, 1.165) is 18.4 Å². The Hall–Kier alpha value is -1.73. The van der Waals surface area contributed by atoms with E-state index in [1.807, 2.05) is 0 Å². The molecule has 0 radical (unpaired) electrons. The van der Waals surface area contributed by atoms with Crippen LogP contribution >= 0.6 is 0 Å². The van der Waals surface area contributed by atoms with Crippen molar-refractivity contribution in [2.75, 3.05) is 20.3 Å². The summed E-state index contributed by atoms with van der Waals surface area (Å²) in [4.78, 5) is 38.3. The SMILES string of the molecule is COC(=O)C1C(=O)C[C@H]2[C@@]3(C)[C@@H](C=C4[C@H](C)C5(CC[C@@]42C)OCCO5)OC(=O)C[C@@H]13. The number of carbonyl (C=O) groups is 3. The number of esters is 2. The van der Waals surface area contributed by atoms with Gasteiger partial charge in [0, 0.05) is 24.2 Å². The van der Waals surface area contributed by atoms with Crippen LogP contribution in [0.25, 0.3) is 0 Å². The van der Waals surface area contributed by atoms with Gasteiger partial charge in [-0.15, -0.1) is 0 Å². The molecule has 0 amide bonds. The molecule has 2 saturated carbocycles. The molecular weight excluding hydrogens is 388 g/mol. The first-order valence-corrected chi connectivity index (χ1v) is 11.0. The van der Waals surface area contributed by atoms with Crippen LogP contribution in [-0.4, -0.2) is 49.9 Å². The van der Waals surface area contributed by atoms with E-state index in [0.29, 0.717) is 13.2 Å². The van der Waals surface area contributed by atoms with Crippen LogP contribution in [0, 0.1) is 34.5 Å². The third-order valence-corrected chi connectivity index (χ3v) is 9.07. The summed E-state index contributed by atoms with van der Waals surface area (Å²) in [5.74, 6) is -3.00. The number of rotatable bonds is 1. The molecule has 2 saturated heterocycles. The number of hydrogen-bond acceptors (Lipinski definition) is 7. The van der Waals surface area contributed by atoms with Crippen LogP contribution in [0.2, 0.25) is 0 Å². The highest BCUT2D eigenvalue weighted by Gasteiger charge is 2.69. The average molecular weight is 418 g/mol. The molecule has 164 valence electrons. The Morgan fingerprint density at radius 3 is 2.50 bits per heavy atom. The van der Waals surface area contributed by atoms with Gasteiger partial charge in [-0.2, -0.15) is 0 Å². The van der Waals surface area contributed by atoms with Crippen molar-refractivity contribution in [1.82, 2.24) is 0 Å². The lowest BCUT2D eigenvalue weighted by Gasteiger charge is -2.64. The third kappa shape index (κ3) is 2.36. The second-order valence-corrected chi connectivity index (χ2v) is 10.1. The molecule has 0 aromatic heterocycles. The van der Waals surface area contributed by atoms with Gasteiger partial charge in [-0.1, -0.05) is 26.3 Å². The first-order chi connectivity index (χ1) is 14.2. The number of methoxy groups -OCH3 is 1. The van der Waals surface area contributed by atoms with E-state index in [2.05, 4.69) is 26.8 Å². The van der Waals surface area contributed by atoms with E-state index in [4.69, 9.17) is 18.9 Å². The largest absolute Gasteiger partial charge is 0.468 e. The zero-order valence-corrected chi connectivity index (χ0v) is 18.1. The highest BCUT2D eigenvalue weighted by molar-refractivity contribution is 6.01. The molecule has 0 aromatic rings. The Kier molecular flexibility index (Phi) is 4.30. The molecule has 0 aromatic carbocycles. The number of carbonyl (C=O) groups excluding carboxylic acids is 3. The maximum atomic E-state index is 13.2. The van der Waals surface area contributed by atoms with Crippen LogP contribution in [-0.2, 0) is 33.3 Å². The van der Waals surface area contributed by atoms with Gasteiger partial charge >= 0.3 is 11.9 Å². The van der Waals surface area contributed by atoms with Gasteiger partial charge in [-0.05, 0) is 29.7 Å². The fourth-order valence-electron chi connectivity index (χ4n) is 7.45. The summed E-state index contributed by atoms with van der Waals surface area (Å²) in [6, 6.07) is 0. The summed E-state index contributed by atoms with van der Waals surface area (Å²) >= 11 is 0. The van der Waals surface area contributed by atoms with E-state index < -0.39 is 35.1 Å². The number of fused-ring (bicyclic) bond motifs is 2. The highest BCUT2D eigenvalue weighted by atomic mass is 16.7. The number of Topliss-reactive ketones (excluding diaryl/α,β-unsaturated/α-hetero) is 1. The summed E-state index contributed by atoms with van der Waals surface area (Å²) in [5, 5.41) is 0. The summed E-state index contributed by atoms with van der Waals surface area (Å²) in [5.41, 5.74) is 0.408. The molecule has 30 heavy (non-hydrogen) atoms. The zero-order chi connectivity index (χ0) is 21.5. The molecule has 7 nitrogen and oxygen atoms in total. The van der Waals surface area contributed by atoms with Crippen molar-refractivity contribution in [1.29, 1.82) is 0 Å². The molecule has 0 bridgehead atoms. The van der Waals surface area contributed by atoms with E-state index >= 15 is 0 Å². The average Bonchev–Trinajstić information content (AvgIpc) is 3.18. The Morgan fingerprint density at radius 2 is 1.83 bits per heavy atom. The van der Waals surface area contributed by atoms with Crippen molar-refractivity contribution >= 4 is 17.7 Å². The minimum absolute atomic E-state index is 0.00388. The van der Waals surface area contributed by atoms with Gasteiger partial charge in [0.05, 0.1) is 26.7 Å². The maximum absolute atomic E-state index is 13.2. The molecule has 1 spiro atoms. The van der Waals surface area contributed by atoms with Crippen molar-refractivity contribution < 1.29 is 33.3 Å². The molecule has 2 heterocycles. The normalized spacial score (nSPS) is 46.5. The zero-order valence-electron chi connectivity index (χ0n) is 18.1. The number of ether oxygens (including phenoxy) is 4. The molecule has 5 rings (SSSR count). The summed E-state index contributed by atoms with van der Waals surface area (Å²) in [7, 11) is 1.30. The van der Waals surface area contributed by atoms with E-state index in [9.17, 15) is 14.4 Å². The van der Waals surface area contributed by atoms with Crippen molar-refractivity contribution in [3.8, 4) is 0 Å². The van der Waals surface area contributed by atoms with Crippen LogP contribution in [0.4, 0.5) is 0 Å². The first-order valence-electron chi connectivity index (χ1n) is 11.0. The number of hydrogen-bond donors (Lipinski definition) is 0. The monoisotopic (exact) mass is 418 g/mol. The lowest BCUT2D eigenvalue weighted by atomic mass is 9.41. The van der Waals surface area contributed by atoms with Crippen molar-refractivity contribution in [3.05, 3.63) is 11.6 Å². The standard InChI is InChI=1S/C23H30O7/c1-12-13-9-17-22(3)14(10-18(25)30-17)19(20(26)27-4)15(24)11-16(22)21(13,2)5-6-23(12)28-7-8-29-23/h9,12,14,16-17,19H,5-8,10-11H2,1-4H3/t12-,14-,16+,17+,19?,21-,22-/m0/s1. The topological polar surface area (TPSA) is 88.1 Å². The summed E-state index contributed by atoms with van der Waals surface area (Å²) < 4.78 is 22.9. The fraction of sp³-hybridized carbons (Fsp3) is 0.783. The number of ketones is 1. The smallest absolute Gasteiger partial charge is 0.316 e. The Morgan fingerprint density at radius 1 is 1.13 bits per heavy atom. The molecule has 4 fully saturated rings. The van der Waals surface area contributed by atoms with Crippen molar-refractivity contribution in [3.63, 3.8) is 0 Å². The highest BCUT2D eigenvalue weighted by Crippen LogP contribution is 2.68. The van der Waals surface area contributed by atoms with Gasteiger partial charge in [-0.3, -0.25) is 14.4 Å². The Labute approximate surface area is 176 Å². The molecule has 5 aliphatic rings. The summed E-state index contributed by atoms with van der Waals surface area (Å²) in [6.45, 7) is 7.59. The van der Waals surface area contributed by atoms with Gasteiger partial charge in [0.2, 0.25) is 0 Å². The van der Waals surface area contributed by atoms with E-state index in [-0.39, 0.29) is 41.8 Å². The first kappa shape index (κ1) is 20.2. The quantitative estimate of drug-likeness (QED) is 0.367. The second-order valence-electron chi connectivity index (χ2n) is 10.1. The molecular formula is C23H30O7. The van der Waals surface area contributed by atoms with Crippen LogP contribution in [0.5, 0.6) is 0 Å². The van der Waals surface area contributed by atoms with Gasteiger partial charge in [0.15, 0.2) is 5.79 Å². The maximum Gasteiger partial charge on any atom is 0.316 e. The second kappa shape index (κ2) is 6.39. The molecule has 1 unspecified atom stereocenters. The molecule has 2 aliphatic heterocycles. The van der Waals surface area contributed by atoms with Gasteiger partial charge < -0.3 is 18.9 Å². The Bertz CT molecular complexity index is 840. The van der Waals surface area contributed by atoms with Crippen LogP contribution < -0.4 is 0 Å². The minimum Gasteiger partial charge on any atom is -0.468 e. The van der Waals surface area contributed by atoms with Crippen LogP contribution in [0.15, 0.2) is 11.6 Å². The van der Waals surface area contributed by atoms with Crippen molar-refractivity contribution in [2.24, 2.45) is 34.5 Å². The molecule has 0 N–H and O–H groups in total. The lowest BCUT2D eigenvalue weighted by Crippen LogP contribution is -2.66. The molecule has 3 aliphatic carbocycles. The third-order valence-electron chi connectivity index (χ3n) is 9.07. The predicted octanol–water partition coefficient (Wildman–Crippen LogP) is 2.42. The van der Waals surface area contributed by atoms with Gasteiger partial charge in [-0.25, -0.2) is 0 Å².